The molecule has 0 aliphatic heterocycles. The third-order valence-corrected chi connectivity index (χ3v) is 2.95. The van der Waals surface area contributed by atoms with Gasteiger partial charge in [-0.15, -0.1) is 0 Å². The van der Waals surface area contributed by atoms with Crippen LogP contribution in [-0.4, -0.2) is 24.1 Å². The number of rotatable bonds is 6. The maximum atomic E-state index is 10.7. The summed E-state index contributed by atoms with van der Waals surface area (Å²) < 4.78 is 0. The van der Waals surface area contributed by atoms with E-state index in [1.54, 1.807) is 12.4 Å². The molecule has 0 saturated heterocycles. The Morgan fingerprint density at radius 1 is 1.05 bits per heavy atom. The molecule has 0 bridgehead atoms. The molecule has 1 aromatic carbocycles. The first kappa shape index (κ1) is 14.0. The monoisotopic (exact) mass is 270 g/mol. The van der Waals surface area contributed by atoms with Gasteiger partial charge in [0.05, 0.1) is 6.04 Å². The fourth-order valence-electron chi connectivity index (χ4n) is 2.03. The predicted molar refractivity (Wildman–Crippen MR) is 78.1 cm³/mol. The number of nitrogens with one attached hydrogen (secondary N) is 2. The number of pyridine rings is 1. The van der Waals surface area contributed by atoms with E-state index in [4.69, 9.17) is 5.73 Å². The van der Waals surface area contributed by atoms with Gasteiger partial charge in [-0.05, 0) is 23.3 Å². The number of carbonyl (C=O) groups is 1. The molecule has 2 amide bonds. The van der Waals surface area contributed by atoms with E-state index in [0.717, 1.165) is 11.1 Å². The third-order valence-electron chi connectivity index (χ3n) is 2.95. The summed E-state index contributed by atoms with van der Waals surface area (Å²) in [5.41, 5.74) is 7.34. The number of hydrogen-bond acceptors (Lipinski definition) is 3. The molecule has 1 aromatic heterocycles. The van der Waals surface area contributed by atoms with Crippen LogP contribution in [0.2, 0.25) is 0 Å². The molecule has 1 heterocycles. The van der Waals surface area contributed by atoms with E-state index in [0.29, 0.717) is 13.1 Å². The van der Waals surface area contributed by atoms with Crippen molar-refractivity contribution in [2.24, 2.45) is 5.73 Å². The van der Waals surface area contributed by atoms with E-state index in [1.165, 1.54) is 0 Å². The van der Waals surface area contributed by atoms with Gasteiger partial charge in [-0.3, -0.25) is 4.98 Å². The number of nitrogens with two attached hydrogens (primary N) is 1. The Labute approximate surface area is 118 Å². The summed E-state index contributed by atoms with van der Waals surface area (Å²) >= 11 is 0. The van der Waals surface area contributed by atoms with Crippen molar-refractivity contribution in [1.82, 2.24) is 15.6 Å². The summed E-state index contributed by atoms with van der Waals surface area (Å²) in [4.78, 5) is 14.7. The smallest absolute Gasteiger partial charge is 0.312 e. The predicted octanol–water partition coefficient (Wildman–Crippen LogP) is 1.43. The van der Waals surface area contributed by atoms with Gasteiger partial charge in [-0.1, -0.05) is 30.3 Å². The Bertz CT molecular complexity index is 491. The van der Waals surface area contributed by atoms with Crippen molar-refractivity contribution in [3.8, 4) is 0 Å². The normalized spacial score (nSPS) is 11.8. The molecule has 0 radical (unpaired) electrons. The molecule has 1 atom stereocenters. The van der Waals surface area contributed by atoms with Gasteiger partial charge in [0.25, 0.3) is 0 Å². The van der Waals surface area contributed by atoms with E-state index >= 15 is 0 Å². The van der Waals surface area contributed by atoms with Gasteiger partial charge < -0.3 is 16.4 Å². The minimum atomic E-state index is -0.507. The van der Waals surface area contributed by atoms with Crippen molar-refractivity contribution in [2.75, 3.05) is 13.1 Å². The standard InChI is InChI=1S/C15H18N4O/c16-15(20)19-11-10-18-14(12-4-2-1-3-5-12)13-6-8-17-9-7-13/h1-9,14,18H,10-11H2,(H3,16,19,20). The first-order valence-corrected chi connectivity index (χ1v) is 6.49. The van der Waals surface area contributed by atoms with E-state index in [1.807, 2.05) is 30.3 Å². The molecule has 0 saturated carbocycles. The molecule has 1 unspecified atom stereocenters. The molecule has 20 heavy (non-hydrogen) atoms. The minimum Gasteiger partial charge on any atom is -0.352 e. The van der Waals surface area contributed by atoms with Crippen LogP contribution in [0, 0.1) is 0 Å². The van der Waals surface area contributed by atoms with Gasteiger partial charge in [-0.25, -0.2) is 4.79 Å². The number of amides is 2. The number of nitrogens with zero attached hydrogens (tertiary/aromatic N) is 1. The first-order valence-electron chi connectivity index (χ1n) is 6.49. The molecule has 104 valence electrons. The second kappa shape index (κ2) is 7.25. The largest absolute Gasteiger partial charge is 0.352 e. The number of carbonyl (C=O) groups excluding carboxylic acids is 1. The van der Waals surface area contributed by atoms with Crippen LogP contribution in [0.15, 0.2) is 54.9 Å². The van der Waals surface area contributed by atoms with E-state index in [-0.39, 0.29) is 6.04 Å². The third kappa shape index (κ3) is 4.07. The Morgan fingerprint density at radius 3 is 2.35 bits per heavy atom. The fourth-order valence-corrected chi connectivity index (χ4v) is 2.03. The van der Waals surface area contributed by atoms with Gasteiger partial charge in [0.2, 0.25) is 0 Å². The molecule has 4 N–H and O–H groups in total. The van der Waals surface area contributed by atoms with Gasteiger partial charge in [-0.2, -0.15) is 0 Å². The highest BCUT2D eigenvalue weighted by Crippen LogP contribution is 2.20. The van der Waals surface area contributed by atoms with Crippen LogP contribution in [-0.2, 0) is 0 Å². The SMILES string of the molecule is NC(=O)NCCNC(c1ccccc1)c1ccncc1. The molecule has 2 aromatic rings. The summed E-state index contributed by atoms with van der Waals surface area (Å²) in [6.07, 6.45) is 3.54. The lowest BCUT2D eigenvalue weighted by atomic mass is 10.00. The first-order chi connectivity index (χ1) is 9.77. The summed E-state index contributed by atoms with van der Waals surface area (Å²) in [5.74, 6) is 0. The molecule has 0 spiro atoms. The summed E-state index contributed by atoms with van der Waals surface area (Å²) in [7, 11) is 0. The highest BCUT2D eigenvalue weighted by molar-refractivity contribution is 5.71. The lowest BCUT2D eigenvalue weighted by Crippen LogP contribution is -2.36. The Kier molecular flexibility index (Phi) is 5.08. The van der Waals surface area contributed by atoms with E-state index in [2.05, 4.69) is 27.8 Å². The second-order valence-corrected chi connectivity index (χ2v) is 4.37. The van der Waals surface area contributed by atoms with Crippen molar-refractivity contribution < 1.29 is 4.79 Å². The molecule has 0 aliphatic rings. The van der Waals surface area contributed by atoms with Gasteiger partial charge in [0.1, 0.15) is 0 Å². The van der Waals surface area contributed by atoms with Gasteiger partial charge >= 0.3 is 6.03 Å². The van der Waals surface area contributed by atoms with Crippen molar-refractivity contribution >= 4 is 6.03 Å². The van der Waals surface area contributed by atoms with Crippen molar-refractivity contribution in [2.45, 2.75) is 6.04 Å². The lowest BCUT2D eigenvalue weighted by Gasteiger charge is -2.19. The van der Waals surface area contributed by atoms with Crippen LogP contribution in [0.25, 0.3) is 0 Å². The van der Waals surface area contributed by atoms with Crippen molar-refractivity contribution in [3.63, 3.8) is 0 Å². The van der Waals surface area contributed by atoms with Crippen molar-refractivity contribution in [3.05, 3.63) is 66.0 Å². The second-order valence-electron chi connectivity index (χ2n) is 4.37. The average molecular weight is 270 g/mol. The minimum absolute atomic E-state index is 0.0638. The number of hydrogen-bond donors (Lipinski definition) is 3. The molecule has 5 nitrogen and oxygen atoms in total. The molecular formula is C15H18N4O. The maximum Gasteiger partial charge on any atom is 0.312 e. The van der Waals surface area contributed by atoms with Crippen LogP contribution in [0.4, 0.5) is 4.79 Å². The molecule has 0 aliphatic carbocycles. The van der Waals surface area contributed by atoms with Crippen LogP contribution in [0.1, 0.15) is 17.2 Å². The molecular weight excluding hydrogens is 252 g/mol. The van der Waals surface area contributed by atoms with Crippen LogP contribution in [0.5, 0.6) is 0 Å². The molecule has 5 heteroatoms. The topological polar surface area (TPSA) is 80.0 Å². The quantitative estimate of drug-likeness (QED) is 0.695. The van der Waals surface area contributed by atoms with Crippen LogP contribution >= 0.6 is 0 Å². The number of benzene rings is 1. The molecule has 2 rings (SSSR count). The Hall–Kier alpha value is -2.40. The number of aromatic nitrogens is 1. The lowest BCUT2D eigenvalue weighted by molar-refractivity contribution is 0.249. The molecule has 0 fully saturated rings. The summed E-state index contributed by atoms with van der Waals surface area (Å²) in [6, 6.07) is 13.7. The zero-order valence-corrected chi connectivity index (χ0v) is 11.1. The Morgan fingerprint density at radius 2 is 1.70 bits per heavy atom. The average Bonchev–Trinajstić information content (AvgIpc) is 2.49. The highest BCUT2D eigenvalue weighted by atomic mass is 16.2. The Balaban J connectivity index is 2.07. The van der Waals surface area contributed by atoms with Gasteiger partial charge in [0.15, 0.2) is 0 Å². The summed E-state index contributed by atoms with van der Waals surface area (Å²) in [5, 5.41) is 5.98. The number of urea groups is 1. The zero-order chi connectivity index (χ0) is 14.2. The van der Waals surface area contributed by atoms with E-state index in [9.17, 15) is 4.79 Å². The number of primary amides is 1. The van der Waals surface area contributed by atoms with E-state index < -0.39 is 6.03 Å². The highest BCUT2D eigenvalue weighted by Gasteiger charge is 2.12. The van der Waals surface area contributed by atoms with Crippen LogP contribution in [0.3, 0.4) is 0 Å². The van der Waals surface area contributed by atoms with Crippen molar-refractivity contribution in [1.29, 1.82) is 0 Å². The summed E-state index contributed by atoms with van der Waals surface area (Å²) in [6.45, 7) is 1.12. The fraction of sp³-hybridized carbons (Fsp3) is 0.200. The maximum absolute atomic E-state index is 10.7. The zero-order valence-electron chi connectivity index (χ0n) is 11.1. The van der Waals surface area contributed by atoms with Gasteiger partial charge in [0, 0.05) is 25.5 Å². The van der Waals surface area contributed by atoms with Crippen LogP contribution < -0.4 is 16.4 Å².